The third kappa shape index (κ3) is 10.6. The Morgan fingerprint density at radius 1 is 1.09 bits per heavy atom. The largest absolute Gasteiger partial charge is 0.508 e. The van der Waals surface area contributed by atoms with Crippen LogP contribution in [0.3, 0.4) is 0 Å². The summed E-state index contributed by atoms with van der Waals surface area (Å²) in [5, 5.41) is 12.3. The van der Waals surface area contributed by atoms with Crippen LogP contribution in [0.2, 0.25) is 0 Å². The van der Waals surface area contributed by atoms with Crippen molar-refractivity contribution < 1.29 is 24.4 Å². The zero-order chi connectivity index (χ0) is 23.5. The molecular weight excluding hydrogens is 478 g/mol. The molecule has 190 valence electrons. The first kappa shape index (κ1) is 31.5. The molecule has 0 saturated heterocycles. The van der Waals surface area contributed by atoms with Gasteiger partial charge in [0.05, 0.1) is 6.04 Å². The quantitative estimate of drug-likeness (QED) is 0.365. The van der Waals surface area contributed by atoms with Crippen molar-refractivity contribution >= 4 is 35.0 Å². The van der Waals surface area contributed by atoms with E-state index in [4.69, 9.17) is 5.73 Å². The molecule has 2 aromatic rings. The third-order valence-corrected chi connectivity index (χ3v) is 6.10. The SMILES string of the molecule is CN(C(=O)[C@@H](N)Cc1ccc(O)cc1)[C@H](CCS(C)=O)C(=O)NCCCc1ccccc1.Cl.O. The second-order valence-corrected chi connectivity index (χ2v) is 9.44. The molecule has 0 aliphatic rings. The van der Waals surface area contributed by atoms with Gasteiger partial charge in [-0.2, -0.15) is 0 Å². The number of aromatic hydroxyl groups is 1. The number of carbonyl (C=O) groups is 2. The van der Waals surface area contributed by atoms with Crippen LogP contribution in [0.1, 0.15) is 24.0 Å². The number of aryl methyl sites for hydroxylation is 1. The molecular formula is C24H36ClN3O5S. The molecule has 8 nitrogen and oxygen atoms in total. The molecule has 0 radical (unpaired) electrons. The number of amides is 2. The van der Waals surface area contributed by atoms with Crippen LogP contribution in [0.5, 0.6) is 5.75 Å². The number of rotatable bonds is 12. The van der Waals surface area contributed by atoms with E-state index in [0.29, 0.717) is 18.7 Å². The van der Waals surface area contributed by atoms with Gasteiger partial charge >= 0.3 is 0 Å². The number of nitrogens with zero attached hydrogens (tertiary/aromatic N) is 1. The number of likely N-dealkylation sites (N-methyl/N-ethyl adjacent to an activating group) is 1. The van der Waals surface area contributed by atoms with E-state index in [1.807, 2.05) is 30.3 Å². The Hall–Kier alpha value is -2.46. The lowest BCUT2D eigenvalue weighted by atomic mass is 10.0. The van der Waals surface area contributed by atoms with Gasteiger partial charge < -0.3 is 26.5 Å². The minimum absolute atomic E-state index is 0. The van der Waals surface area contributed by atoms with Crippen LogP contribution in [0.4, 0.5) is 0 Å². The van der Waals surface area contributed by atoms with E-state index < -0.39 is 22.9 Å². The Balaban J connectivity index is 0.00000544. The van der Waals surface area contributed by atoms with Crippen LogP contribution in [-0.2, 0) is 33.2 Å². The van der Waals surface area contributed by atoms with Crippen molar-refractivity contribution in [3.63, 3.8) is 0 Å². The van der Waals surface area contributed by atoms with Gasteiger partial charge in [-0.05, 0) is 48.9 Å². The molecule has 0 heterocycles. The van der Waals surface area contributed by atoms with Crippen molar-refractivity contribution in [1.29, 1.82) is 0 Å². The topological polar surface area (TPSA) is 144 Å². The molecule has 2 amide bonds. The average Bonchev–Trinajstić information content (AvgIpc) is 2.78. The molecule has 10 heteroatoms. The van der Waals surface area contributed by atoms with Crippen molar-refractivity contribution in [2.45, 2.75) is 37.8 Å². The van der Waals surface area contributed by atoms with Gasteiger partial charge in [-0.25, -0.2) is 0 Å². The van der Waals surface area contributed by atoms with Crippen LogP contribution in [0.15, 0.2) is 54.6 Å². The van der Waals surface area contributed by atoms with Gasteiger partial charge in [0.15, 0.2) is 0 Å². The van der Waals surface area contributed by atoms with E-state index in [-0.39, 0.29) is 41.9 Å². The molecule has 0 bridgehead atoms. The lowest BCUT2D eigenvalue weighted by molar-refractivity contribution is -0.140. The fourth-order valence-electron chi connectivity index (χ4n) is 3.43. The maximum absolute atomic E-state index is 12.9. The molecule has 2 aromatic carbocycles. The highest BCUT2D eigenvalue weighted by molar-refractivity contribution is 7.84. The van der Waals surface area contributed by atoms with E-state index in [9.17, 15) is 18.9 Å². The number of phenols is 1. The van der Waals surface area contributed by atoms with Crippen LogP contribution in [0, 0.1) is 0 Å². The summed E-state index contributed by atoms with van der Waals surface area (Å²) in [7, 11) is 0.479. The third-order valence-electron chi connectivity index (χ3n) is 5.29. The van der Waals surface area contributed by atoms with Crippen molar-refractivity contribution in [3.05, 3.63) is 65.7 Å². The normalized spacial score (nSPS) is 12.9. The molecule has 0 fully saturated rings. The zero-order valence-corrected chi connectivity index (χ0v) is 21.2. The minimum Gasteiger partial charge on any atom is -0.508 e. The molecule has 6 N–H and O–H groups in total. The number of benzene rings is 2. The Morgan fingerprint density at radius 3 is 2.29 bits per heavy atom. The molecule has 34 heavy (non-hydrogen) atoms. The van der Waals surface area contributed by atoms with Gasteiger partial charge in [0.1, 0.15) is 11.8 Å². The summed E-state index contributed by atoms with van der Waals surface area (Å²) in [6, 6.07) is 14.9. The summed E-state index contributed by atoms with van der Waals surface area (Å²) in [4.78, 5) is 27.1. The van der Waals surface area contributed by atoms with Crippen LogP contribution in [-0.4, -0.2) is 69.2 Å². The Bertz CT molecular complexity index is 899. The summed E-state index contributed by atoms with van der Waals surface area (Å²) >= 11 is 0. The summed E-state index contributed by atoms with van der Waals surface area (Å²) < 4.78 is 11.6. The maximum Gasteiger partial charge on any atom is 0.242 e. The van der Waals surface area contributed by atoms with Crippen molar-refractivity contribution in [2.24, 2.45) is 5.73 Å². The number of hydrogen-bond acceptors (Lipinski definition) is 5. The van der Waals surface area contributed by atoms with Gasteiger partial charge in [0, 0.05) is 36.4 Å². The van der Waals surface area contributed by atoms with E-state index in [2.05, 4.69) is 5.32 Å². The number of phenolic OH excluding ortho intramolecular Hbond substituents is 1. The van der Waals surface area contributed by atoms with E-state index >= 15 is 0 Å². The fourth-order valence-corrected chi connectivity index (χ4v) is 3.99. The van der Waals surface area contributed by atoms with Gasteiger partial charge in [-0.1, -0.05) is 42.5 Å². The van der Waals surface area contributed by atoms with Crippen LogP contribution in [0.25, 0.3) is 0 Å². The lowest BCUT2D eigenvalue weighted by Crippen LogP contribution is -2.53. The summed E-state index contributed by atoms with van der Waals surface area (Å²) in [5.41, 5.74) is 8.14. The number of nitrogens with one attached hydrogen (secondary N) is 1. The molecule has 0 aromatic heterocycles. The molecule has 3 atom stereocenters. The molecule has 0 saturated carbocycles. The first-order chi connectivity index (χ1) is 15.3. The highest BCUT2D eigenvalue weighted by Gasteiger charge is 2.29. The smallest absolute Gasteiger partial charge is 0.242 e. The van der Waals surface area contributed by atoms with Crippen molar-refractivity contribution in [2.75, 3.05) is 25.6 Å². The monoisotopic (exact) mass is 513 g/mol. The van der Waals surface area contributed by atoms with Gasteiger partial charge in [-0.3, -0.25) is 13.8 Å². The van der Waals surface area contributed by atoms with Gasteiger partial charge in [0.25, 0.3) is 0 Å². The first-order valence-corrected chi connectivity index (χ1v) is 12.4. The molecule has 2 rings (SSSR count). The summed E-state index contributed by atoms with van der Waals surface area (Å²) in [6.45, 7) is 0.487. The molecule has 0 spiro atoms. The summed E-state index contributed by atoms with van der Waals surface area (Å²) in [5.74, 6) is -0.171. The number of hydrogen-bond donors (Lipinski definition) is 3. The second-order valence-electron chi connectivity index (χ2n) is 7.89. The van der Waals surface area contributed by atoms with E-state index in [1.165, 1.54) is 10.5 Å². The van der Waals surface area contributed by atoms with Gasteiger partial charge in [0.2, 0.25) is 11.8 Å². The summed E-state index contributed by atoms with van der Waals surface area (Å²) in [6.07, 6.45) is 3.78. The van der Waals surface area contributed by atoms with Crippen LogP contribution < -0.4 is 11.1 Å². The van der Waals surface area contributed by atoms with Crippen molar-refractivity contribution in [3.8, 4) is 5.75 Å². The maximum atomic E-state index is 12.9. The van der Waals surface area contributed by atoms with Gasteiger partial charge in [-0.15, -0.1) is 12.4 Å². The predicted octanol–water partition coefficient (Wildman–Crippen LogP) is 1.20. The number of nitrogens with two attached hydrogens (primary N) is 1. The average molecular weight is 514 g/mol. The Kier molecular flexibility index (Phi) is 15.0. The Labute approximate surface area is 210 Å². The number of carbonyl (C=O) groups excluding carboxylic acids is 2. The molecule has 1 unspecified atom stereocenters. The first-order valence-electron chi connectivity index (χ1n) is 10.7. The highest BCUT2D eigenvalue weighted by atomic mass is 35.5. The second kappa shape index (κ2) is 16.2. The number of halogens is 1. The molecule has 0 aliphatic heterocycles. The lowest BCUT2D eigenvalue weighted by Gasteiger charge is -2.29. The predicted molar refractivity (Wildman–Crippen MR) is 139 cm³/mol. The zero-order valence-electron chi connectivity index (χ0n) is 19.6. The molecule has 0 aliphatic carbocycles. The fraction of sp³-hybridized carbons (Fsp3) is 0.417. The Morgan fingerprint density at radius 2 is 1.71 bits per heavy atom. The standard InChI is InChI=1S/C24H33N3O4S.ClH.H2O/c1-27(24(30)21(25)17-19-10-12-20(28)13-11-19)22(14-16-32(2)31)23(29)26-15-6-9-18-7-4-3-5-8-18;;/h3-5,7-8,10-13,21-22,28H,6,9,14-17,25H2,1-2H3,(H,26,29);1H;1H2/t21-,22+,32?;;/m0../s1. The minimum atomic E-state index is -1.08. The van der Waals surface area contributed by atoms with E-state index in [1.54, 1.807) is 37.6 Å². The van der Waals surface area contributed by atoms with Crippen LogP contribution >= 0.6 is 12.4 Å². The van der Waals surface area contributed by atoms with Crippen molar-refractivity contribution in [1.82, 2.24) is 10.2 Å². The highest BCUT2D eigenvalue weighted by Crippen LogP contribution is 2.13. The van der Waals surface area contributed by atoms with E-state index in [0.717, 1.165) is 18.4 Å².